The number of hydrogen-bond acceptors (Lipinski definition) is 8. The third kappa shape index (κ3) is 7.84. The van der Waals surface area contributed by atoms with E-state index in [2.05, 4.69) is 10.6 Å². The maximum absolute atomic E-state index is 13.2. The molecule has 1 saturated heterocycles. The maximum Gasteiger partial charge on any atom is 0.375 e. The summed E-state index contributed by atoms with van der Waals surface area (Å²) in [6, 6.07) is 8.03. The zero-order valence-electron chi connectivity index (χ0n) is 19.7. The number of esters is 1. The van der Waals surface area contributed by atoms with E-state index in [1.54, 1.807) is 51.1 Å². The van der Waals surface area contributed by atoms with E-state index in [-0.39, 0.29) is 18.9 Å². The van der Waals surface area contributed by atoms with Gasteiger partial charge in [-0.3, -0.25) is 19.2 Å². The predicted octanol–water partition coefficient (Wildman–Crippen LogP) is 0.492. The van der Waals surface area contributed by atoms with Gasteiger partial charge in [-0.1, -0.05) is 30.3 Å². The number of thioether (sulfide) groups is 1. The first-order chi connectivity index (χ1) is 16.1. The van der Waals surface area contributed by atoms with Crippen LogP contribution in [0.2, 0.25) is 0 Å². The highest BCUT2D eigenvalue weighted by molar-refractivity contribution is 7.99. The highest BCUT2D eigenvalue weighted by Gasteiger charge is 2.38. The minimum Gasteiger partial charge on any atom is -0.457 e. The van der Waals surface area contributed by atoms with Crippen LogP contribution in [-0.4, -0.2) is 78.0 Å². The van der Waals surface area contributed by atoms with E-state index in [0.717, 1.165) is 0 Å². The molecule has 2 rings (SSSR count). The summed E-state index contributed by atoms with van der Waals surface area (Å²) >= 11 is 1.42. The zero-order chi connectivity index (χ0) is 25.3. The fraction of sp³-hybridized carbons (Fsp3) is 0.522. The molecular weight excluding hydrogens is 462 g/mol. The van der Waals surface area contributed by atoms with Gasteiger partial charge in [-0.25, -0.2) is 4.79 Å². The van der Waals surface area contributed by atoms with Gasteiger partial charge in [-0.05, 0) is 32.8 Å². The van der Waals surface area contributed by atoms with Crippen molar-refractivity contribution in [3.63, 3.8) is 0 Å². The Hall–Kier alpha value is -2.92. The van der Waals surface area contributed by atoms with Gasteiger partial charge < -0.3 is 25.0 Å². The van der Waals surface area contributed by atoms with Gasteiger partial charge in [-0.2, -0.15) is 0 Å². The molecule has 1 aromatic carbocycles. The van der Waals surface area contributed by atoms with E-state index in [9.17, 15) is 24.0 Å². The standard InChI is InChI=1S/C23H31N3O7S/c1-14(2)33-23(31)20(28)17(10-16-8-6-5-7-9-16)21(29)25-18-12-34-13-26(18)22(30)15(3)24-19(27)11-32-4/h5-9,14-15,17-18H,10-13H2,1-4H3,(H,24,27)(H,25,29)/t15-,17-,18+/m0/s1. The van der Waals surface area contributed by atoms with Crippen molar-refractivity contribution in [3.8, 4) is 0 Å². The maximum atomic E-state index is 13.2. The monoisotopic (exact) mass is 493 g/mol. The molecule has 3 atom stereocenters. The number of Topliss-reactive ketones (excluding diaryl/α,β-unsaturated/α-hetero) is 1. The molecular formula is C23H31N3O7S. The van der Waals surface area contributed by atoms with E-state index in [4.69, 9.17) is 9.47 Å². The fourth-order valence-electron chi connectivity index (χ4n) is 3.34. The van der Waals surface area contributed by atoms with E-state index in [1.165, 1.54) is 23.8 Å². The van der Waals surface area contributed by atoms with Crippen molar-refractivity contribution >= 4 is 41.2 Å². The molecule has 1 heterocycles. The molecule has 10 nitrogen and oxygen atoms in total. The molecule has 0 radical (unpaired) electrons. The van der Waals surface area contributed by atoms with Crippen LogP contribution in [0, 0.1) is 5.92 Å². The van der Waals surface area contributed by atoms with Crippen molar-refractivity contribution in [2.45, 2.75) is 45.5 Å². The van der Waals surface area contributed by atoms with Crippen LogP contribution in [-0.2, 0) is 39.9 Å². The van der Waals surface area contributed by atoms with Crippen molar-refractivity contribution in [1.29, 1.82) is 0 Å². The number of carbonyl (C=O) groups is 5. The lowest BCUT2D eigenvalue weighted by Crippen LogP contribution is -2.56. The van der Waals surface area contributed by atoms with E-state index < -0.39 is 47.8 Å². The number of carbonyl (C=O) groups excluding carboxylic acids is 5. The molecule has 0 bridgehead atoms. The Balaban J connectivity index is 2.14. The summed E-state index contributed by atoms with van der Waals surface area (Å²) < 4.78 is 9.77. The summed E-state index contributed by atoms with van der Waals surface area (Å²) in [4.78, 5) is 64.3. The molecule has 0 aliphatic carbocycles. The van der Waals surface area contributed by atoms with Crippen molar-refractivity contribution in [1.82, 2.24) is 15.5 Å². The highest BCUT2D eigenvalue weighted by atomic mass is 32.2. The Morgan fingerprint density at radius 3 is 2.41 bits per heavy atom. The molecule has 34 heavy (non-hydrogen) atoms. The Morgan fingerprint density at radius 1 is 1.12 bits per heavy atom. The molecule has 11 heteroatoms. The molecule has 0 saturated carbocycles. The first-order valence-electron chi connectivity index (χ1n) is 10.9. The SMILES string of the molecule is COCC(=O)N[C@@H](C)C(=O)N1CSC[C@@H]1NC(=O)[C@@H](Cc1ccccc1)C(=O)C(=O)OC(C)C. The predicted molar refractivity (Wildman–Crippen MR) is 125 cm³/mol. The quantitative estimate of drug-likeness (QED) is 0.259. The van der Waals surface area contributed by atoms with Crippen molar-refractivity contribution < 1.29 is 33.4 Å². The Kier molecular flexibility index (Phi) is 10.5. The van der Waals surface area contributed by atoms with Crippen LogP contribution < -0.4 is 10.6 Å². The topological polar surface area (TPSA) is 131 Å². The number of nitrogens with zero attached hydrogens (tertiary/aromatic N) is 1. The molecule has 0 aromatic heterocycles. The van der Waals surface area contributed by atoms with Crippen LogP contribution in [0.15, 0.2) is 30.3 Å². The van der Waals surface area contributed by atoms with Crippen molar-refractivity contribution in [2.24, 2.45) is 5.92 Å². The molecule has 0 unspecified atom stereocenters. The third-order valence-electron chi connectivity index (χ3n) is 4.96. The van der Waals surface area contributed by atoms with Gasteiger partial charge in [0.1, 0.15) is 24.7 Å². The highest BCUT2D eigenvalue weighted by Crippen LogP contribution is 2.21. The minimum absolute atomic E-state index is 0.00991. The molecule has 1 aliphatic rings. The number of ketones is 1. The summed E-state index contributed by atoms with van der Waals surface area (Å²) in [5.74, 6) is -4.11. The van der Waals surface area contributed by atoms with Gasteiger partial charge in [0, 0.05) is 12.9 Å². The lowest BCUT2D eigenvalue weighted by atomic mass is 9.94. The second-order valence-electron chi connectivity index (χ2n) is 8.12. The van der Waals surface area contributed by atoms with Crippen LogP contribution in [0.1, 0.15) is 26.3 Å². The van der Waals surface area contributed by atoms with E-state index in [1.807, 2.05) is 0 Å². The van der Waals surface area contributed by atoms with Crippen LogP contribution >= 0.6 is 11.8 Å². The molecule has 0 spiro atoms. The zero-order valence-corrected chi connectivity index (χ0v) is 20.6. The second-order valence-corrected chi connectivity index (χ2v) is 9.11. The lowest BCUT2D eigenvalue weighted by Gasteiger charge is -2.28. The lowest BCUT2D eigenvalue weighted by molar-refractivity contribution is -0.160. The summed E-state index contributed by atoms with van der Waals surface area (Å²) in [6.07, 6.45) is -1.19. The number of methoxy groups -OCH3 is 1. The number of nitrogens with one attached hydrogen (secondary N) is 2. The van der Waals surface area contributed by atoms with Crippen LogP contribution in [0.3, 0.4) is 0 Å². The van der Waals surface area contributed by atoms with Gasteiger partial charge in [-0.15, -0.1) is 11.8 Å². The smallest absolute Gasteiger partial charge is 0.375 e. The normalized spacial score (nSPS) is 17.1. The fourth-order valence-corrected chi connectivity index (χ4v) is 4.43. The molecule has 3 amide bonds. The second kappa shape index (κ2) is 13.1. The van der Waals surface area contributed by atoms with Crippen LogP contribution in [0.25, 0.3) is 0 Å². The Morgan fingerprint density at radius 2 is 1.79 bits per heavy atom. The summed E-state index contributed by atoms with van der Waals surface area (Å²) in [6.45, 7) is 4.59. The first-order valence-corrected chi connectivity index (χ1v) is 12.0. The number of amides is 3. The Bertz CT molecular complexity index is 894. The Labute approximate surface area is 203 Å². The van der Waals surface area contributed by atoms with Gasteiger partial charge in [0.05, 0.1) is 12.0 Å². The van der Waals surface area contributed by atoms with Crippen molar-refractivity contribution in [3.05, 3.63) is 35.9 Å². The molecule has 2 N–H and O–H groups in total. The largest absolute Gasteiger partial charge is 0.457 e. The van der Waals surface area contributed by atoms with Gasteiger partial charge in [0.25, 0.3) is 5.78 Å². The number of benzene rings is 1. The molecule has 1 fully saturated rings. The molecule has 186 valence electrons. The third-order valence-corrected chi connectivity index (χ3v) is 5.97. The van der Waals surface area contributed by atoms with Crippen LogP contribution in [0.5, 0.6) is 0 Å². The summed E-state index contributed by atoms with van der Waals surface area (Å²) in [5.41, 5.74) is 0.705. The van der Waals surface area contributed by atoms with Crippen molar-refractivity contribution in [2.75, 3.05) is 25.3 Å². The van der Waals surface area contributed by atoms with Gasteiger partial charge in [0.15, 0.2) is 0 Å². The van der Waals surface area contributed by atoms with E-state index >= 15 is 0 Å². The first kappa shape index (κ1) is 27.3. The molecule has 1 aromatic rings. The van der Waals surface area contributed by atoms with Crippen LogP contribution in [0.4, 0.5) is 0 Å². The summed E-state index contributed by atoms with van der Waals surface area (Å²) in [7, 11) is 1.37. The summed E-state index contributed by atoms with van der Waals surface area (Å²) in [5, 5.41) is 5.28. The molecule has 1 aliphatic heterocycles. The number of ether oxygens (including phenoxy) is 2. The average molecular weight is 494 g/mol. The van der Waals surface area contributed by atoms with Gasteiger partial charge >= 0.3 is 5.97 Å². The number of hydrogen-bond donors (Lipinski definition) is 2. The minimum atomic E-state index is -1.31. The van der Waals surface area contributed by atoms with Gasteiger partial charge in [0.2, 0.25) is 17.7 Å². The number of rotatable bonds is 11. The van der Waals surface area contributed by atoms with E-state index in [0.29, 0.717) is 17.2 Å². The average Bonchev–Trinajstić information content (AvgIpc) is 3.24.